The number of fused-ring (bicyclic) bond motifs is 1. The molecule has 3 N–H and O–H groups in total. The van der Waals surface area contributed by atoms with E-state index in [4.69, 9.17) is 9.47 Å². The highest BCUT2D eigenvalue weighted by Gasteiger charge is 2.26. The molecule has 1 aliphatic heterocycles. The van der Waals surface area contributed by atoms with Gasteiger partial charge in [-0.05, 0) is 42.7 Å². The van der Waals surface area contributed by atoms with E-state index in [2.05, 4.69) is 16.0 Å². The number of benzene rings is 2. The van der Waals surface area contributed by atoms with Crippen molar-refractivity contribution < 1.29 is 19.1 Å². The molecule has 0 spiro atoms. The molecule has 1 aliphatic rings. The molecule has 7 nitrogen and oxygen atoms in total. The van der Waals surface area contributed by atoms with Crippen molar-refractivity contribution in [2.75, 3.05) is 12.1 Å². The lowest BCUT2D eigenvalue weighted by Gasteiger charge is -2.24. The predicted molar refractivity (Wildman–Crippen MR) is 106 cm³/mol. The summed E-state index contributed by atoms with van der Waals surface area (Å²) in [7, 11) is 0. The van der Waals surface area contributed by atoms with E-state index in [1.165, 1.54) is 0 Å². The molecule has 0 aliphatic carbocycles. The third-order valence-corrected chi connectivity index (χ3v) is 4.52. The molecule has 3 rings (SSSR count). The van der Waals surface area contributed by atoms with Gasteiger partial charge in [-0.3, -0.25) is 4.79 Å². The second-order valence-corrected chi connectivity index (χ2v) is 7.03. The molecule has 28 heavy (non-hydrogen) atoms. The summed E-state index contributed by atoms with van der Waals surface area (Å²) in [6.07, 6.45) is 0. The highest BCUT2D eigenvalue weighted by atomic mass is 16.7. The topological polar surface area (TPSA) is 88.7 Å². The number of carbonyl (C=O) groups is 2. The molecular weight excluding hydrogens is 358 g/mol. The first-order valence-electron chi connectivity index (χ1n) is 9.26. The molecule has 2 unspecified atom stereocenters. The maximum absolute atomic E-state index is 12.8. The Morgan fingerprint density at radius 1 is 0.929 bits per heavy atom. The van der Waals surface area contributed by atoms with Gasteiger partial charge in [-0.25, -0.2) is 4.79 Å². The minimum absolute atomic E-state index is 0.0783. The summed E-state index contributed by atoms with van der Waals surface area (Å²) < 4.78 is 10.7. The van der Waals surface area contributed by atoms with E-state index in [0.29, 0.717) is 17.2 Å². The molecule has 0 radical (unpaired) electrons. The van der Waals surface area contributed by atoms with Crippen LogP contribution in [0.4, 0.5) is 10.5 Å². The molecule has 0 bridgehead atoms. The molecule has 2 aromatic carbocycles. The van der Waals surface area contributed by atoms with Crippen LogP contribution in [0.15, 0.2) is 48.5 Å². The lowest BCUT2D eigenvalue weighted by atomic mass is 10.0. The van der Waals surface area contributed by atoms with Gasteiger partial charge in [0.15, 0.2) is 11.5 Å². The number of hydrogen-bond donors (Lipinski definition) is 3. The molecule has 0 saturated carbocycles. The van der Waals surface area contributed by atoms with E-state index in [9.17, 15) is 9.59 Å². The Bertz CT molecular complexity index is 839. The number of para-hydroxylation sites is 1. The van der Waals surface area contributed by atoms with Gasteiger partial charge in [0.05, 0.1) is 6.04 Å². The van der Waals surface area contributed by atoms with Crippen LogP contribution in [0.25, 0.3) is 0 Å². The summed E-state index contributed by atoms with van der Waals surface area (Å²) in [6, 6.07) is 13.3. The Morgan fingerprint density at radius 3 is 2.36 bits per heavy atom. The highest BCUT2D eigenvalue weighted by Crippen LogP contribution is 2.34. The number of anilines is 1. The van der Waals surface area contributed by atoms with Crippen LogP contribution in [0.1, 0.15) is 32.4 Å². The number of urea groups is 1. The monoisotopic (exact) mass is 383 g/mol. The van der Waals surface area contributed by atoms with Crippen molar-refractivity contribution in [2.24, 2.45) is 5.92 Å². The second kappa shape index (κ2) is 8.65. The summed E-state index contributed by atoms with van der Waals surface area (Å²) in [4.78, 5) is 25.1. The largest absolute Gasteiger partial charge is 0.454 e. The molecule has 3 amide bonds. The molecule has 0 saturated heterocycles. The summed E-state index contributed by atoms with van der Waals surface area (Å²) in [5.74, 6) is 1.04. The molecule has 148 valence electrons. The second-order valence-electron chi connectivity index (χ2n) is 7.03. The number of carbonyl (C=O) groups excluding carboxylic acids is 2. The Balaban J connectivity index is 1.61. The first-order chi connectivity index (χ1) is 13.4. The quantitative estimate of drug-likeness (QED) is 0.713. The Kier molecular flexibility index (Phi) is 6.03. The first-order valence-corrected chi connectivity index (χ1v) is 9.26. The number of ether oxygens (including phenoxy) is 2. The van der Waals surface area contributed by atoms with Crippen molar-refractivity contribution in [3.63, 3.8) is 0 Å². The van der Waals surface area contributed by atoms with Crippen LogP contribution >= 0.6 is 0 Å². The fourth-order valence-corrected chi connectivity index (χ4v) is 2.93. The molecular formula is C21H25N3O4. The maximum atomic E-state index is 12.8. The van der Waals surface area contributed by atoms with Crippen molar-refractivity contribution >= 4 is 17.6 Å². The Morgan fingerprint density at radius 2 is 1.64 bits per heavy atom. The Hall–Kier alpha value is -3.22. The van der Waals surface area contributed by atoms with Crippen molar-refractivity contribution in [1.82, 2.24) is 10.6 Å². The molecule has 2 aromatic rings. The van der Waals surface area contributed by atoms with Crippen LogP contribution in [-0.2, 0) is 4.79 Å². The van der Waals surface area contributed by atoms with E-state index >= 15 is 0 Å². The number of amides is 3. The van der Waals surface area contributed by atoms with Gasteiger partial charge in [-0.2, -0.15) is 0 Å². The van der Waals surface area contributed by atoms with Crippen LogP contribution in [0, 0.1) is 5.92 Å². The normalized spacial score (nSPS) is 14.3. The molecule has 0 aromatic heterocycles. The SMILES string of the molecule is CC(NC(=O)C(NC(=O)Nc1ccccc1)C(C)C)c1ccc2c(c1)OCO2. The minimum Gasteiger partial charge on any atom is -0.454 e. The van der Waals surface area contributed by atoms with E-state index in [1.807, 2.05) is 57.2 Å². The Labute approximate surface area is 164 Å². The minimum atomic E-state index is -0.667. The third-order valence-electron chi connectivity index (χ3n) is 4.52. The van der Waals surface area contributed by atoms with Gasteiger partial charge in [-0.15, -0.1) is 0 Å². The van der Waals surface area contributed by atoms with Gasteiger partial charge in [0.2, 0.25) is 12.7 Å². The zero-order valence-corrected chi connectivity index (χ0v) is 16.2. The zero-order chi connectivity index (χ0) is 20.1. The number of nitrogens with one attached hydrogen (secondary N) is 3. The summed E-state index contributed by atoms with van der Waals surface area (Å²) in [6.45, 7) is 5.86. The van der Waals surface area contributed by atoms with Gasteiger partial charge in [0, 0.05) is 5.69 Å². The van der Waals surface area contributed by atoms with Gasteiger partial charge >= 0.3 is 6.03 Å². The van der Waals surface area contributed by atoms with E-state index < -0.39 is 12.1 Å². The lowest BCUT2D eigenvalue weighted by Crippen LogP contribution is -2.51. The smallest absolute Gasteiger partial charge is 0.319 e. The molecule has 0 fully saturated rings. The van der Waals surface area contributed by atoms with Crippen LogP contribution in [-0.4, -0.2) is 24.8 Å². The van der Waals surface area contributed by atoms with E-state index in [1.54, 1.807) is 12.1 Å². The fraction of sp³-hybridized carbons (Fsp3) is 0.333. The maximum Gasteiger partial charge on any atom is 0.319 e. The molecule has 2 atom stereocenters. The summed E-state index contributed by atoms with van der Waals surface area (Å²) >= 11 is 0. The van der Waals surface area contributed by atoms with Crippen LogP contribution in [0.5, 0.6) is 11.5 Å². The van der Waals surface area contributed by atoms with E-state index in [0.717, 1.165) is 5.56 Å². The average Bonchev–Trinajstić information content (AvgIpc) is 3.14. The van der Waals surface area contributed by atoms with Gasteiger partial charge in [0.1, 0.15) is 6.04 Å². The summed E-state index contributed by atoms with van der Waals surface area (Å²) in [5, 5.41) is 8.45. The average molecular weight is 383 g/mol. The first kappa shape index (κ1) is 19.5. The van der Waals surface area contributed by atoms with Crippen LogP contribution in [0.2, 0.25) is 0 Å². The van der Waals surface area contributed by atoms with Gasteiger partial charge in [0.25, 0.3) is 0 Å². The van der Waals surface area contributed by atoms with Crippen molar-refractivity contribution in [1.29, 1.82) is 0 Å². The third kappa shape index (κ3) is 4.73. The van der Waals surface area contributed by atoms with Crippen LogP contribution in [0.3, 0.4) is 0 Å². The van der Waals surface area contributed by atoms with Crippen molar-refractivity contribution in [2.45, 2.75) is 32.9 Å². The van der Waals surface area contributed by atoms with E-state index in [-0.39, 0.29) is 24.7 Å². The standard InChI is InChI=1S/C21H25N3O4/c1-13(2)19(24-21(26)23-16-7-5-4-6-8-16)20(25)22-14(3)15-9-10-17-18(11-15)28-12-27-17/h4-11,13-14,19H,12H2,1-3H3,(H,22,25)(H2,23,24,26). The molecule has 7 heteroatoms. The van der Waals surface area contributed by atoms with Crippen LogP contribution < -0.4 is 25.4 Å². The molecule has 1 heterocycles. The summed E-state index contributed by atoms with van der Waals surface area (Å²) in [5.41, 5.74) is 1.56. The number of hydrogen-bond acceptors (Lipinski definition) is 4. The highest BCUT2D eigenvalue weighted by molar-refractivity contribution is 5.93. The fourth-order valence-electron chi connectivity index (χ4n) is 2.93. The van der Waals surface area contributed by atoms with Gasteiger partial charge < -0.3 is 25.4 Å². The lowest BCUT2D eigenvalue weighted by molar-refractivity contribution is -0.124. The van der Waals surface area contributed by atoms with Crippen molar-refractivity contribution in [3.05, 3.63) is 54.1 Å². The number of rotatable bonds is 6. The zero-order valence-electron chi connectivity index (χ0n) is 16.2. The van der Waals surface area contributed by atoms with Crippen molar-refractivity contribution in [3.8, 4) is 11.5 Å². The predicted octanol–water partition coefficient (Wildman–Crippen LogP) is 3.44. The van der Waals surface area contributed by atoms with Gasteiger partial charge in [-0.1, -0.05) is 38.1 Å².